The molecule has 3 N–H and O–H groups in total. The highest BCUT2D eigenvalue weighted by Gasteiger charge is 1.88. The molecule has 0 heterocycles. The molecular weight excluding hydrogens is 252 g/mol. The quantitative estimate of drug-likeness (QED) is 0.322. The fraction of sp³-hybridized carbons (Fsp3) is 1.00. The molecule has 0 aromatic carbocycles. The zero-order chi connectivity index (χ0) is 15.2. The summed E-state index contributed by atoms with van der Waals surface area (Å²) in [6.07, 6.45) is 5.12. The fourth-order valence-corrected chi connectivity index (χ4v) is 0.509. The van der Waals surface area contributed by atoms with Crippen LogP contribution in [-0.4, -0.2) is 48.4 Å². The van der Waals surface area contributed by atoms with Crippen molar-refractivity contribution in [2.75, 3.05) is 33.0 Å². The molecule has 0 radical (unpaired) electrons. The highest BCUT2D eigenvalue weighted by Crippen LogP contribution is 1.92. The van der Waals surface area contributed by atoms with E-state index in [0.29, 0.717) is 19.8 Å². The molecule has 0 fully saturated rings. The lowest BCUT2D eigenvalue weighted by Crippen LogP contribution is -1.99. The molecule has 0 aliphatic rings. The zero-order valence-electron chi connectivity index (χ0n) is 12.6. The Hall–Kier alpha value is -0.240. The summed E-state index contributed by atoms with van der Waals surface area (Å²) in [5.74, 6) is 0. The van der Waals surface area contributed by atoms with Crippen LogP contribution < -0.4 is 0 Å². The number of hydrogen-bond acceptors (Lipinski definition) is 6. The minimum atomic E-state index is -0.125. The Morgan fingerprint density at radius 2 is 1.00 bits per heavy atom. The van der Waals surface area contributed by atoms with Gasteiger partial charge in [0, 0.05) is 6.61 Å². The predicted octanol–water partition coefficient (Wildman–Crippen LogP) is 1.83. The molecule has 0 aliphatic carbocycles. The first-order chi connectivity index (χ1) is 9.24. The molecule has 6 heteroatoms. The van der Waals surface area contributed by atoms with Crippen molar-refractivity contribution in [2.45, 2.75) is 52.9 Å². The number of hydrogen-bond donors (Lipinski definition) is 3. The summed E-state index contributed by atoms with van der Waals surface area (Å²) >= 11 is 0. The largest absolute Gasteiger partial charge is 0.396 e. The number of rotatable bonds is 10. The van der Waals surface area contributed by atoms with Gasteiger partial charge in [-0.25, -0.2) is 9.78 Å². The first-order valence-corrected chi connectivity index (χ1v) is 6.98. The summed E-state index contributed by atoms with van der Waals surface area (Å²) in [4.78, 5) is 9.40. The third kappa shape index (κ3) is 46.3. The van der Waals surface area contributed by atoms with Gasteiger partial charge in [0.25, 0.3) is 0 Å². The first kappa shape index (κ1) is 23.8. The average molecular weight is 284 g/mol. The maximum atomic E-state index is 7.88. The minimum Gasteiger partial charge on any atom is -0.396 e. The van der Waals surface area contributed by atoms with Gasteiger partial charge in [0.2, 0.25) is 0 Å². The van der Waals surface area contributed by atoms with E-state index in [0.717, 1.165) is 32.1 Å². The third-order valence-electron chi connectivity index (χ3n) is 1.58. The Labute approximate surface area is 117 Å². The lowest BCUT2D eigenvalue weighted by molar-refractivity contribution is -0.512. The summed E-state index contributed by atoms with van der Waals surface area (Å²) in [6.45, 7) is 7.42. The standard InChI is InChI=1S/C8H18O3.C3H8O.C2H6O2/c1-3-5-7-9-11-10-8-6-4-2;1-2-3-4;3-1-2-4/h3-8H2,1-2H3;4H,2-3H2,1H3;3-4H,1-2H2. The predicted molar refractivity (Wildman–Crippen MR) is 74.4 cm³/mol. The molecular formula is C13H32O6. The van der Waals surface area contributed by atoms with Crippen molar-refractivity contribution < 1.29 is 30.1 Å². The van der Waals surface area contributed by atoms with Gasteiger partial charge in [-0.15, -0.1) is 0 Å². The fourth-order valence-electron chi connectivity index (χ4n) is 0.509. The second-order valence-electron chi connectivity index (χ2n) is 3.59. The number of aliphatic hydroxyl groups is 3. The van der Waals surface area contributed by atoms with Crippen molar-refractivity contribution in [1.82, 2.24) is 0 Å². The van der Waals surface area contributed by atoms with E-state index in [9.17, 15) is 0 Å². The molecule has 19 heavy (non-hydrogen) atoms. The van der Waals surface area contributed by atoms with Crippen molar-refractivity contribution in [3.8, 4) is 0 Å². The number of unbranched alkanes of at least 4 members (excludes halogenated alkanes) is 2. The van der Waals surface area contributed by atoms with Gasteiger partial charge >= 0.3 is 0 Å². The highest BCUT2D eigenvalue weighted by atomic mass is 17.5. The van der Waals surface area contributed by atoms with Crippen LogP contribution in [0.15, 0.2) is 0 Å². The van der Waals surface area contributed by atoms with Gasteiger partial charge in [-0.1, -0.05) is 38.7 Å². The van der Waals surface area contributed by atoms with Gasteiger partial charge < -0.3 is 15.3 Å². The molecule has 120 valence electrons. The van der Waals surface area contributed by atoms with Crippen LogP contribution in [0, 0.1) is 0 Å². The van der Waals surface area contributed by atoms with E-state index in [4.69, 9.17) is 25.1 Å². The summed E-state index contributed by atoms with van der Waals surface area (Å²) in [6, 6.07) is 0. The molecule has 0 aromatic heterocycles. The second-order valence-corrected chi connectivity index (χ2v) is 3.59. The van der Waals surface area contributed by atoms with Crippen LogP contribution >= 0.6 is 0 Å². The molecule has 0 saturated heterocycles. The van der Waals surface area contributed by atoms with E-state index >= 15 is 0 Å². The summed E-state index contributed by atoms with van der Waals surface area (Å²) < 4.78 is 0. The van der Waals surface area contributed by atoms with Gasteiger partial charge in [0.15, 0.2) is 0 Å². The average Bonchev–Trinajstić information content (AvgIpc) is 2.47. The maximum absolute atomic E-state index is 7.88. The van der Waals surface area contributed by atoms with E-state index in [1.807, 2.05) is 6.92 Å². The smallest absolute Gasteiger partial charge is 0.0853 e. The van der Waals surface area contributed by atoms with Crippen LogP contribution in [0.4, 0.5) is 0 Å². The monoisotopic (exact) mass is 284 g/mol. The maximum Gasteiger partial charge on any atom is 0.0853 e. The molecule has 0 aliphatic heterocycles. The topological polar surface area (TPSA) is 88.4 Å². The van der Waals surface area contributed by atoms with E-state index in [1.165, 1.54) is 0 Å². The van der Waals surface area contributed by atoms with Crippen molar-refractivity contribution in [3.05, 3.63) is 0 Å². The summed E-state index contributed by atoms with van der Waals surface area (Å²) in [5, 5.41) is 27.6. The van der Waals surface area contributed by atoms with Crippen LogP contribution in [0.25, 0.3) is 0 Å². The van der Waals surface area contributed by atoms with Crippen LogP contribution in [0.2, 0.25) is 0 Å². The second kappa shape index (κ2) is 30.6. The van der Waals surface area contributed by atoms with Crippen LogP contribution in [-0.2, 0) is 14.8 Å². The lowest BCUT2D eigenvalue weighted by Gasteiger charge is -2.00. The van der Waals surface area contributed by atoms with Crippen LogP contribution in [0.5, 0.6) is 0 Å². The molecule has 0 saturated carbocycles. The van der Waals surface area contributed by atoms with Gasteiger partial charge in [-0.2, -0.15) is 0 Å². The molecule has 0 spiro atoms. The summed E-state index contributed by atoms with van der Waals surface area (Å²) in [5.41, 5.74) is 0. The highest BCUT2D eigenvalue weighted by molar-refractivity contribution is 4.26. The van der Waals surface area contributed by atoms with E-state index in [2.05, 4.69) is 18.9 Å². The molecule has 0 bridgehead atoms. The Bertz CT molecular complexity index is 97.3. The van der Waals surface area contributed by atoms with Crippen molar-refractivity contribution >= 4 is 0 Å². The molecule has 0 aromatic rings. The Kier molecular flexibility index (Phi) is 38.4. The first-order valence-electron chi connectivity index (χ1n) is 6.98. The van der Waals surface area contributed by atoms with E-state index < -0.39 is 0 Å². The van der Waals surface area contributed by atoms with Crippen LogP contribution in [0.1, 0.15) is 52.9 Å². The Balaban J connectivity index is -0.000000264. The lowest BCUT2D eigenvalue weighted by atomic mass is 10.4. The molecule has 0 unspecified atom stereocenters. The zero-order valence-corrected chi connectivity index (χ0v) is 12.6. The van der Waals surface area contributed by atoms with E-state index in [1.54, 1.807) is 0 Å². The minimum absolute atomic E-state index is 0.125. The molecule has 0 rings (SSSR count). The Morgan fingerprint density at radius 1 is 0.632 bits per heavy atom. The number of aliphatic hydroxyl groups excluding tert-OH is 3. The van der Waals surface area contributed by atoms with Gasteiger partial charge in [-0.3, -0.25) is 0 Å². The third-order valence-corrected chi connectivity index (χ3v) is 1.58. The van der Waals surface area contributed by atoms with Crippen LogP contribution in [0.3, 0.4) is 0 Å². The van der Waals surface area contributed by atoms with E-state index in [-0.39, 0.29) is 13.2 Å². The molecule has 0 amide bonds. The Morgan fingerprint density at radius 3 is 1.21 bits per heavy atom. The van der Waals surface area contributed by atoms with Gasteiger partial charge in [-0.05, 0) is 19.3 Å². The van der Waals surface area contributed by atoms with Gasteiger partial charge in [0.05, 0.1) is 26.4 Å². The normalized spacial score (nSPS) is 9.16. The summed E-state index contributed by atoms with van der Waals surface area (Å²) in [7, 11) is 0. The van der Waals surface area contributed by atoms with Crippen molar-refractivity contribution in [1.29, 1.82) is 0 Å². The molecule has 0 atom stereocenters. The molecule has 6 nitrogen and oxygen atoms in total. The van der Waals surface area contributed by atoms with Gasteiger partial charge in [0.1, 0.15) is 0 Å². The van der Waals surface area contributed by atoms with Crippen molar-refractivity contribution in [2.24, 2.45) is 0 Å². The SMILES string of the molecule is CCCCOOOCCCC.CCCO.OCCO. The van der Waals surface area contributed by atoms with Crippen molar-refractivity contribution in [3.63, 3.8) is 0 Å².